The molecule has 2 unspecified atom stereocenters. The maximum absolute atomic E-state index is 12.5. The van der Waals surface area contributed by atoms with E-state index in [0.29, 0.717) is 6.42 Å². The molecule has 0 saturated carbocycles. The second-order valence-corrected chi connectivity index (χ2v) is 16.4. The number of nitrogens with two attached hydrogens (primary N) is 1. The smallest absolute Gasteiger partial charge is 0.462 e. The van der Waals surface area contributed by atoms with Crippen molar-refractivity contribution in [3.05, 3.63) is 0 Å². The molecule has 0 saturated heterocycles. The lowest BCUT2D eigenvalue weighted by atomic mass is 10.0. The predicted octanol–water partition coefficient (Wildman–Crippen LogP) is 12.4. The number of ether oxygens (including phenoxy) is 2. The van der Waals surface area contributed by atoms with Crippen molar-refractivity contribution in [1.29, 1.82) is 0 Å². The summed E-state index contributed by atoms with van der Waals surface area (Å²) in [4.78, 5) is 34.8. The maximum Gasteiger partial charge on any atom is 0.472 e. The van der Waals surface area contributed by atoms with Gasteiger partial charge in [0.15, 0.2) is 6.10 Å². The highest BCUT2D eigenvalue weighted by Crippen LogP contribution is 2.43. The van der Waals surface area contributed by atoms with Crippen LogP contribution < -0.4 is 5.73 Å². The van der Waals surface area contributed by atoms with Crippen molar-refractivity contribution in [3.8, 4) is 0 Å². The van der Waals surface area contributed by atoms with Crippen LogP contribution in [-0.2, 0) is 32.7 Å². The van der Waals surface area contributed by atoms with E-state index in [1.807, 2.05) is 0 Å². The molecule has 0 amide bonds. The fraction of sp³-hybridized carbons (Fsp3) is 0.952. The van der Waals surface area contributed by atoms with E-state index in [0.717, 1.165) is 32.1 Å². The Morgan fingerprint density at radius 1 is 0.500 bits per heavy atom. The average Bonchev–Trinajstić information content (AvgIpc) is 3.13. The van der Waals surface area contributed by atoms with Crippen LogP contribution in [0, 0.1) is 0 Å². The van der Waals surface area contributed by atoms with Gasteiger partial charge in [-0.2, -0.15) is 0 Å². The van der Waals surface area contributed by atoms with Crippen molar-refractivity contribution < 1.29 is 37.6 Å². The molecule has 0 aromatic heterocycles. The summed E-state index contributed by atoms with van der Waals surface area (Å²) in [7, 11) is -4.37. The highest BCUT2D eigenvalue weighted by atomic mass is 31.2. The van der Waals surface area contributed by atoms with Gasteiger partial charge in [0.1, 0.15) is 6.61 Å². The molecule has 310 valence electrons. The van der Waals surface area contributed by atoms with Crippen LogP contribution >= 0.6 is 7.82 Å². The topological polar surface area (TPSA) is 134 Å². The fourth-order valence-corrected chi connectivity index (χ4v) is 7.23. The highest BCUT2D eigenvalue weighted by Gasteiger charge is 2.26. The van der Waals surface area contributed by atoms with Crippen LogP contribution in [0.5, 0.6) is 0 Å². The van der Waals surface area contributed by atoms with Crippen molar-refractivity contribution in [1.82, 2.24) is 0 Å². The van der Waals surface area contributed by atoms with Gasteiger partial charge in [0.05, 0.1) is 13.2 Å². The zero-order chi connectivity index (χ0) is 38.2. The third-order valence-corrected chi connectivity index (χ3v) is 10.7. The molecule has 0 rings (SSSR count). The quantitative estimate of drug-likeness (QED) is 0.0354. The second-order valence-electron chi connectivity index (χ2n) is 14.9. The SMILES string of the molecule is CCCCCCCCCCCCCCCCCCCCCC(=O)OCC(COP(=O)(O)OCCN)OC(=O)CCCCCCCCCCCCCC. The van der Waals surface area contributed by atoms with Gasteiger partial charge in [0, 0.05) is 19.4 Å². The molecule has 0 fully saturated rings. The molecule has 0 spiro atoms. The van der Waals surface area contributed by atoms with Crippen molar-refractivity contribution in [2.45, 2.75) is 232 Å². The molecular weight excluding hydrogens is 677 g/mol. The van der Waals surface area contributed by atoms with Crippen LogP contribution in [-0.4, -0.2) is 49.3 Å². The number of carbonyl (C=O) groups excluding carboxylic acids is 2. The number of unbranched alkanes of at least 4 members (excludes halogenated alkanes) is 29. The van der Waals surface area contributed by atoms with Crippen LogP contribution in [0.15, 0.2) is 0 Å². The van der Waals surface area contributed by atoms with E-state index in [2.05, 4.69) is 13.8 Å². The molecule has 0 aromatic rings. The van der Waals surface area contributed by atoms with E-state index in [1.165, 1.54) is 161 Å². The van der Waals surface area contributed by atoms with Crippen molar-refractivity contribution in [3.63, 3.8) is 0 Å². The summed E-state index contributed by atoms with van der Waals surface area (Å²) in [6, 6.07) is 0. The minimum absolute atomic E-state index is 0.0580. The number of carbonyl (C=O) groups is 2. The van der Waals surface area contributed by atoms with Crippen LogP contribution in [0.3, 0.4) is 0 Å². The number of hydrogen-bond acceptors (Lipinski definition) is 8. The van der Waals surface area contributed by atoms with Crippen LogP contribution in [0.4, 0.5) is 0 Å². The molecule has 0 aromatic carbocycles. The molecule has 52 heavy (non-hydrogen) atoms. The van der Waals surface area contributed by atoms with Gasteiger partial charge in [-0.05, 0) is 12.8 Å². The normalized spacial score (nSPS) is 13.2. The molecule has 0 bridgehead atoms. The molecule has 10 heteroatoms. The maximum atomic E-state index is 12.5. The summed E-state index contributed by atoms with van der Waals surface area (Å²) in [6.07, 6.45) is 38.5. The third kappa shape index (κ3) is 38.7. The largest absolute Gasteiger partial charge is 0.472 e. The monoisotopic (exact) mass is 762 g/mol. The van der Waals surface area contributed by atoms with E-state index >= 15 is 0 Å². The van der Waals surface area contributed by atoms with Gasteiger partial charge >= 0.3 is 19.8 Å². The Kier molecular flexibility index (Phi) is 38.9. The molecule has 0 aliphatic carbocycles. The molecule has 0 radical (unpaired) electrons. The Morgan fingerprint density at radius 3 is 1.17 bits per heavy atom. The van der Waals surface area contributed by atoms with Gasteiger partial charge < -0.3 is 20.1 Å². The Hall–Kier alpha value is -0.990. The van der Waals surface area contributed by atoms with Crippen LogP contribution in [0.2, 0.25) is 0 Å². The zero-order valence-electron chi connectivity index (χ0n) is 34.1. The van der Waals surface area contributed by atoms with Gasteiger partial charge in [0.2, 0.25) is 0 Å². The predicted molar refractivity (Wildman–Crippen MR) is 215 cm³/mol. The number of phosphoric ester groups is 1. The first-order valence-corrected chi connectivity index (χ1v) is 23.5. The fourth-order valence-electron chi connectivity index (χ4n) is 6.46. The lowest BCUT2D eigenvalue weighted by Gasteiger charge is -2.19. The number of esters is 2. The van der Waals surface area contributed by atoms with E-state index in [9.17, 15) is 19.0 Å². The van der Waals surface area contributed by atoms with Crippen LogP contribution in [0.1, 0.15) is 226 Å². The van der Waals surface area contributed by atoms with Gasteiger partial charge in [-0.25, -0.2) is 4.57 Å². The Labute approximate surface area is 320 Å². The highest BCUT2D eigenvalue weighted by molar-refractivity contribution is 7.47. The minimum atomic E-state index is -4.37. The number of rotatable bonds is 42. The van der Waals surface area contributed by atoms with E-state index in [-0.39, 0.29) is 38.6 Å². The number of hydrogen-bond donors (Lipinski definition) is 2. The summed E-state index contributed by atoms with van der Waals surface area (Å²) in [5.74, 6) is -0.813. The van der Waals surface area contributed by atoms with E-state index < -0.39 is 26.5 Å². The molecule has 2 atom stereocenters. The molecule has 3 N–H and O–H groups in total. The Bertz CT molecular complexity index is 830. The molecule has 0 heterocycles. The van der Waals surface area contributed by atoms with Crippen LogP contribution in [0.25, 0.3) is 0 Å². The van der Waals surface area contributed by atoms with Crippen molar-refractivity contribution in [2.75, 3.05) is 26.4 Å². The van der Waals surface area contributed by atoms with Crippen molar-refractivity contribution in [2.24, 2.45) is 5.73 Å². The first-order valence-electron chi connectivity index (χ1n) is 22.0. The first kappa shape index (κ1) is 51.0. The third-order valence-electron chi connectivity index (χ3n) is 9.74. The standard InChI is InChI=1S/C42H84NO8P/c1-3-5-7-9-11-13-15-17-18-19-20-21-22-23-25-26-28-30-32-34-41(44)48-38-40(39-50-52(46,47)49-37-36-43)51-42(45)35-33-31-29-27-24-16-14-12-10-8-6-4-2/h40H,3-39,43H2,1-2H3,(H,46,47). The average molecular weight is 762 g/mol. The molecule has 0 aliphatic rings. The summed E-state index contributed by atoms with van der Waals surface area (Å²) >= 11 is 0. The molecule has 0 aliphatic heterocycles. The Balaban J connectivity index is 4.04. The van der Waals surface area contributed by atoms with E-state index in [1.54, 1.807) is 0 Å². The lowest BCUT2D eigenvalue weighted by Crippen LogP contribution is -2.29. The summed E-state index contributed by atoms with van der Waals surface area (Å²) in [5.41, 5.74) is 5.34. The van der Waals surface area contributed by atoms with Crippen molar-refractivity contribution >= 4 is 19.8 Å². The van der Waals surface area contributed by atoms with Gasteiger partial charge in [-0.15, -0.1) is 0 Å². The zero-order valence-corrected chi connectivity index (χ0v) is 35.0. The number of phosphoric acid groups is 1. The minimum Gasteiger partial charge on any atom is -0.462 e. The van der Waals surface area contributed by atoms with E-state index in [4.69, 9.17) is 24.3 Å². The summed E-state index contributed by atoms with van der Waals surface area (Å²) < 4.78 is 32.8. The molecule has 9 nitrogen and oxygen atoms in total. The van der Waals surface area contributed by atoms with Gasteiger partial charge in [-0.1, -0.05) is 200 Å². The summed E-state index contributed by atoms with van der Waals surface area (Å²) in [5, 5.41) is 0. The molecular formula is C42H84NO8P. The Morgan fingerprint density at radius 2 is 0.827 bits per heavy atom. The second kappa shape index (κ2) is 39.7. The lowest BCUT2D eigenvalue weighted by molar-refractivity contribution is -0.161. The first-order chi connectivity index (χ1) is 25.3. The van der Waals surface area contributed by atoms with Gasteiger partial charge in [0.25, 0.3) is 0 Å². The van der Waals surface area contributed by atoms with Gasteiger partial charge in [-0.3, -0.25) is 18.6 Å². The summed E-state index contributed by atoms with van der Waals surface area (Å²) in [6.45, 7) is 3.77.